The number of rotatable bonds is 5. The lowest BCUT2D eigenvalue weighted by atomic mass is 10.1. The summed E-state index contributed by atoms with van der Waals surface area (Å²) in [6, 6.07) is 0. The van der Waals surface area contributed by atoms with Gasteiger partial charge in [0.2, 0.25) is 5.91 Å². The van der Waals surface area contributed by atoms with Crippen molar-refractivity contribution in [2.45, 2.75) is 39.2 Å². The molecule has 0 aromatic carbocycles. The lowest BCUT2D eigenvalue weighted by Crippen LogP contribution is -2.29. The van der Waals surface area contributed by atoms with Crippen molar-refractivity contribution in [3.8, 4) is 0 Å². The number of likely N-dealkylation sites (tertiary alicyclic amines) is 1. The Hall–Kier alpha value is -1.47. The van der Waals surface area contributed by atoms with Crippen LogP contribution in [0.2, 0.25) is 0 Å². The van der Waals surface area contributed by atoms with Crippen LogP contribution in [-0.2, 0) is 22.6 Å². The number of carboxylic acids is 1. The minimum atomic E-state index is -0.899. The zero-order valence-electron chi connectivity index (χ0n) is 11.5. The average molecular weight is 297 g/mol. The molecule has 20 heavy (non-hydrogen) atoms. The van der Waals surface area contributed by atoms with Gasteiger partial charge in [-0.15, -0.1) is 11.3 Å². The predicted molar refractivity (Wildman–Crippen MR) is 76.9 cm³/mol. The number of nitrogens with zero attached hydrogens (tertiary/aromatic N) is 2. The topological polar surface area (TPSA) is 82.5 Å². The van der Waals surface area contributed by atoms with E-state index in [-0.39, 0.29) is 12.3 Å². The van der Waals surface area contributed by atoms with E-state index in [1.165, 1.54) is 37.5 Å². The number of amides is 1. The molecule has 0 radical (unpaired) electrons. The van der Waals surface area contributed by atoms with Crippen molar-refractivity contribution in [2.75, 3.05) is 18.4 Å². The van der Waals surface area contributed by atoms with Gasteiger partial charge in [-0.2, -0.15) is 0 Å². The van der Waals surface area contributed by atoms with Crippen molar-refractivity contribution in [3.05, 3.63) is 10.6 Å². The Labute approximate surface area is 121 Å². The molecule has 1 aliphatic rings. The van der Waals surface area contributed by atoms with Gasteiger partial charge in [0.1, 0.15) is 0 Å². The second kappa shape index (κ2) is 6.81. The van der Waals surface area contributed by atoms with Gasteiger partial charge in [0, 0.05) is 18.3 Å². The summed E-state index contributed by atoms with van der Waals surface area (Å²) < 4.78 is 0. The largest absolute Gasteiger partial charge is 0.481 e. The molecular weight excluding hydrogens is 278 g/mol. The molecule has 7 heteroatoms. The highest BCUT2D eigenvalue weighted by Gasteiger charge is 2.18. The van der Waals surface area contributed by atoms with E-state index in [4.69, 9.17) is 5.11 Å². The monoisotopic (exact) mass is 297 g/mol. The normalized spacial score (nSPS) is 16.1. The molecule has 6 nitrogen and oxygen atoms in total. The van der Waals surface area contributed by atoms with Crippen LogP contribution in [0.15, 0.2) is 0 Å². The second-order valence-corrected chi connectivity index (χ2v) is 6.06. The zero-order valence-corrected chi connectivity index (χ0v) is 12.3. The highest BCUT2D eigenvalue weighted by Crippen LogP contribution is 2.26. The van der Waals surface area contributed by atoms with Crippen molar-refractivity contribution in [1.29, 1.82) is 0 Å². The van der Waals surface area contributed by atoms with Crippen LogP contribution in [-0.4, -0.2) is 40.0 Å². The Morgan fingerprint density at radius 2 is 2.05 bits per heavy atom. The lowest BCUT2D eigenvalue weighted by molar-refractivity contribution is -0.136. The summed E-state index contributed by atoms with van der Waals surface area (Å²) >= 11 is 1.38. The molecule has 0 atom stereocenters. The van der Waals surface area contributed by atoms with E-state index in [0.717, 1.165) is 24.5 Å². The Bertz CT molecular complexity index is 495. The van der Waals surface area contributed by atoms with Crippen LogP contribution in [0.1, 0.15) is 36.8 Å². The van der Waals surface area contributed by atoms with Gasteiger partial charge >= 0.3 is 5.97 Å². The van der Waals surface area contributed by atoms with Crippen LogP contribution in [0.25, 0.3) is 0 Å². The molecule has 2 rings (SSSR count). The van der Waals surface area contributed by atoms with Gasteiger partial charge in [0.15, 0.2) is 5.13 Å². The third-order valence-electron chi connectivity index (χ3n) is 3.20. The van der Waals surface area contributed by atoms with Crippen LogP contribution in [0, 0.1) is 0 Å². The zero-order chi connectivity index (χ0) is 14.5. The number of hydrogen-bond acceptors (Lipinski definition) is 5. The number of hydrogen-bond donors (Lipinski definition) is 2. The first-order chi connectivity index (χ1) is 9.54. The molecule has 110 valence electrons. The highest BCUT2D eigenvalue weighted by atomic mass is 32.1. The molecule has 1 aliphatic heterocycles. The number of anilines is 1. The van der Waals surface area contributed by atoms with E-state index in [9.17, 15) is 9.59 Å². The number of nitrogens with one attached hydrogen (secondary N) is 1. The summed E-state index contributed by atoms with van der Waals surface area (Å²) in [6.07, 6.45) is 3.54. The van der Waals surface area contributed by atoms with E-state index in [1.807, 2.05) is 0 Å². The van der Waals surface area contributed by atoms with E-state index in [1.54, 1.807) is 0 Å². The van der Waals surface area contributed by atoms with E-state index in [2.05, 4.69) is 15.2 Å². The summed E-state index contributed by atoms with van der Waals surface area (Å²) in [5.74, 6) is -1.09. The van der Waals surface area contributed by atoms with Gasteiger partial charge < -0.3 is 10.4 Å². The van der Waals surface area contributed by atoms with Crippen molar-refractivity contribution >= 4 is 28.3 Å². The predicted octanol–water partition coefficient (Wildman–Crippen LogP) is 1.71. The highest BCUT2D eigenvalue weighted by molar-refractivity contribution is 7.15. The Balaban J connectivity index is 2.12. The van der Waals surface area contributed by atoms with Gasteiger partial charge in [-0.3, -0.25) is 14.5 Å². The quantitative estimate of drug-likeness (QED) is 0.864. The molecule has 2 N–H and O–H groups in total. The molecule has 0 bridgehead atoms. The first kappa shape index (κ1) is 14.9. The first-order valence-electron chi connectivity index (χ1n) is 6.75. The van der Waals surface area contributed by atoms with Crippen molar-refractivity contribution < 1.29 is 14.7 Å². The molecule has 0 aliphatic carbocycles. The fraction of sp³-hybridized carbons (Fsp3) is 0.615. The molecular formula is C13H19N3O3S. The van der Waals surface area contributed by atoms with E-state index < -0.39 is 5.97 Å². The Morgan fingerprint density at radius 3 is 2.65 bits per heavy atom. The number of aliphatic carboxylic acids is 1. The smallest absolute Gasteiger partial charge is 0.309 e. The Kier molecular flexibility index (Phi) is 5.08. The van der Waals surface area contributed by atoms with Gasteiger partial charge in [-0.05, 0) is 25.9 Å². The molecule has 1 amide bonds. The third kappa shape index (κ3) is 4.28. The number of piperidine rings is 1. The maximum atomic E-state index is 11.1. The van der Waals surface area contributed by atoms with Gasteiger partial charge in [0.25, 0.3) is 0 Å². The average Bonchev–Trinajstić information content (AvgIpc) is 2.70. The number of thiazole rings is 1. The van der Waals surface area contributed by atoms with Crippen LogP contribution in [0.5, 0.6) is 0 Å². The lowest BCUT2D eigenvalue weighted by Gasteiger charge is -2.25. The maximum Gasteiger partial charge on any atom is 0.309 e. The fourth-order valence-electron chi connectivity index (χ4n) is 2.31. The standard InChI is InChI=1S/C13H19N3O3S/c1-9(17)14-13-15-10(7-12(18)19)11(20-13)8-16-5-3-2-4-6-16/h2-8H2,1H3,(H,18,19)(H,14,15,17). The fourth-order valence-corrected chi connectivity index (χ4v) is 3.38. The molecule has 0 saturated carbocycles. The van der Waals surface area contributed by atoms with Crippen LogP contribution in [0.4, 0.5) is 5.13 Å². The number of carbonyl (C=O) groups is 2. The minimum Gasteiger partial charge on any atom is -0.481 e. The second-order valence-electron chi connectivity index (χ2n) is 4.98. The number of carboxylic acid groups (broad SMARTS) is 1. The summed E-state index contributed by atoms with van der Waals surface area (Å²) in [5, 5.41) is 12.1. The Morgan fingerprint density at radius 1 is 1.35 bits per heavy atom. The number of aromatic nitrogens is 1. The summed E-state index contributed by atoms with van der Waals surface area (Å²) in [6.45, 7) is 4.22. The molecule has 1 saturated heterocycles. The van der Waals surface area contributed by atoms with E-state index >= 15 is 0 Å². The summed E-state index contributed by atoms with van der Waals surface area (Å²) in [5.41, 5.74) is 0.567. The maximum absolute atomic E-state index is 11.1. The van der Waals surface area contributed by atoms with Crippen LogP contribution in [0.3, 0.4) is 0 Å². The van der Waals surface area contributed by atoms with Gasteiger partial charge in [-0.1, -0.05) is 6.42 Å². The third-order valence-corrected chi connectivity index (χ3v) is 4.19. The van der Waals surface area contributed by atoms with E-state index in [0.29, 0.717) is 10.8 Å². The summed E-state index contributed by atoms with van der Waals surface area (Å²) in [7, 11) is 0. The van der Waals surface area contributed by atoms with Gasteiger partial charge in [0.05, 0.1) is 12.1 Å². The molecule has 0 unspecified atom stereocenters. The van der Waals surface area contributed by atoms with Crippen molar-refractivity contribution in [3.63, 3.8) is 0 Å². The molecule has 1 fully saturated rings. The van der Waals surface area contributed by atoms with Gasteiger partial charge in [-0.25, -0.2) is 4.98 Å². The molecule has 0 spiro atoms. The van der Waals surface area contributed by atoms with Crippen LogP contribution >= 0.6 is 11.3 Å². The SMILES string of the molecule is CC(=O)Nc1nc(CC(=O)O)c(CN2CCCCC2)s1. The molecule has 1 aromatic rings. The van der Waals surface area contributed by atoms with Crippen molar-refractivity contribution in [1.82, 2.24) is 9.88 Å². The van der Waals surface area contributed by atoms with Crippen LogP contribution < -0.4 is 5.32 Å². The number of carbonyl (C=O) groups excluding carboxylic acids is 1. The van der Waals surface area contributed by atoms with Crippen molar-refractivity contribution in [2.24, 2.45) is 0 Å². The first-order valence-corrected chi connectivity index (χ1v) is 7.56. The molecule has 2 heterocycles. The molecule has 1 aromatic heterocycles. The summed E-state index contributed by atoms with van der Waals surface area (Å²) in [4.78, 5) is 29.5. The minimum absolute atomic E-state index is 0.0980.